The lowest BCUT2D eigenvalue weighted by atomic mass is 9.87. The highest BCUT2D eigenvalue weighted by molar-refractivity contribution is 6.23. The SMILES string of the molecule is C=C(C(CC#N)=C(C(=O)NC(CC)c1ccccc1)c1ccccc1C)c1ccccc1. The van der Waals surface area contributed by atoms with E-state index in [1.165, 1.54) is 0 Å². The molecule has 0 spiro atoms. The van der Waals surface area contributed by atoms with Gasteiger partial charge in [-0.1, -0.05) is 98.4 Å². The largest absolute Gasteiger partial charge is 0.345 e. The number of allylic oxidation sites excluding steroid dienone is 2. The lowest BCUT2D eigenvalue weighted by Gasteiger charge is -2.22. The van der Waals surface area contributed by atoms with Crippen LogP contribution in [0, 0.1) is 18.3 Å². The fourth-order valence-corrected chi connectivity index (χ4v) is 3.85. The Kier molecular flexibility index (Phi) is 7.78. The maximum Gasteiger partial charge on any atom is 0.252 e. The first kappa shape index (κ1) is 22.8. The summed E-state index contributed by atoms with van der Waals surface area (Å²) in [6.45, 7) is 8.30. The number of benzene rings is 3. The van der Waals surface area contributed by atoms with E-state index >= 15 is 0 Å². The van der Waals surface area contributed by atoms with Gasteiger partial charge in [-0.2, -0.15) is 5.26 Å². The standard InChI is InChI=1S/C29H28N2O/c1-4-27(24-16-9-6-10-17-24)31-29(32)28(25-18-12-11-13-21(25)2)26(19-20-30)22(3)23-14-7-5-8-15-23/h5-18,27H,3-4,19H2,1-2H3,(H,31,32). The van der Waals surface area contributed by atoms with Crippen LogP contribution in [0.3, 0.4) is 0 Å². The van der Waals surface area contributed by atoms with Crippen LogP contribution in [0.1, 0.15) is 48.1 Å². The summed E-state index contributed by atoms with van der Waals surface area (Å²) in [5.74, 6) is -0.197. The van der Waals surface area contributed by atoms with E-state index in [1.807, 2.05) is 98.8 Å². The van der Waals surface area contributed by atoms with Crippen molar-refractivity contribution in [1.29, 1.82) is 5.26 Å². The molecule has 0 heterocycles. The Morgan fingerprint density at radius 3 is 2.16 bits per heavy atom. The van der Waals surface area contributed by atoms with Gasteiger partial charge in [-0.05, 0) is 46.7 Å². The minimum Gasteiger partial charge on any atom is -0.345 e. The molecule has 0 aliphatic carbocycles. The van der Waals surface area contributed by atoms with E-state index in [2.05, 4.69) is 18.0 Å². The van der Waals surface area contributed by atoms with E-state index in [9.17, 15) is 10.1 Å². The molecule has 1 atom stereocenters. The van der Waals surface area contributed by atoms with Crippen LogP contribution in [-0.4, -0.2) is 5.91 Å². The number of carbonyl (C=O) groups excluding carboxylic acids is 1. The van der Waals surface area contributed by atoms with Gasteiger partial charge < -0.3 is 5.32 Å². The summed E-state index contributed by atoms with van der Waals surface area (Å²) in [7, 11) is 0. The highest BCUT2D eigenvalue weighted by atomic mass is 16.1. The second kappa shape index (κ2) is 10.9. The Hall–Kier alpha value is -3.90. The van der Waals surface area contributed by atoms with Crippen LogP contribution in [0.5, 0.6) is 0 Å². The molecule has 3 aromatic carbocycles. The summed E-state index contributed by atoms with van der Waals surface area (Å²) in [4.78, 5) is 13.8. The van der Waals surface area contributed by atoms with Gasteiger partial charge in [-0.3, -0.25) is 4.79 Å². The summed E-state index contributed by atoms with van der Waals surface area (Å²) >= 11 is 0. The van der Waals surface area contributed by atoms with Crippen molar-refractivity contribution in [3.63, 3.8) is 0 Å². The molecule has 32 heavy (non-hydrogen) atoms. The molecule has 3 aromatic rings. The monoisotopic (exact) mass is 420 g/mol. The van der Waals surface area contributed by atoms with Crippen LogP contribution in [0.2, 0.25) is 0 Å². The molecule has 3 nitrogen and oxygen atoms in total. The molecule has 0 saturated carbocycles. The van der Waals surface area contributed by atoms with E-state index in [0.717, 1.165) is 28.7 Å². The summed E-state index contributed by atoms with van der Waals surface area (Å²) < 4.78 is 0. The molecule has 1 N–H and O–H groups in total. The molecule has 3 rings (SSSR count). The topological polar surface area (TPSA) is 52.9 Å². The molecule has 0 aromatic heterocycles. The third-order valence-corrected chi connectivity index (χ3v) is 5.60. The summed E-state index contributed by atoms with van der Waals surface area (Å²) in [6, 6.07) is 29.5. The van der Waals surface area contributed by atoms with E-state index in [-0.39, 0.29) is 18.4 Å². The first-order chi connectivity index (χ1) is 15.6. The van der Waals surface area contributed by atoms with Gasteiger partial charge in [0.15, 0.2) is 0 Å². The maximum absolute atomic E-state index is 13.8. The Morgan fingerprint density at radius 2 is 1.56 bits per heavy atom. The third kappa shape index (κ3) is 5.22. The molecule has 0 radical (unpaired) electrons. The second-order valence-corrected chi connectivity index (χ2v) is 7.69. The molecule has 0 aliphatic heterocycles. The fraction of sp³-hybridized carbons (Fsp3) is 0.172. The van der Waals surface area contributed by atoms with Crippen molar-refractivity contribution >= 4 is 17.1 Å². The van der Waals surface area contributed by atoms with Crippen molar-refractivity contribution in [2.75, 3.05) is 0 Å². The molecular formula is C29H28N2O. The van der Waals surface area contributed by atoms with Gasteiger partial charge in [-0.15, -0.1) is 0 Å². The van der Waals surface area contributed by atoms with Crippen LogP contribution in [0.4, 0.5) is 0 Å². The number of amides is 1. The smallest absolute Gasteiger partial charge is 0.252 e. The Labute approximate surface area is 190 Å². The Balaban J connectivity index is 2.14. The van der Waals surface area contributed by atoms with Crippen LogP contribution < -0.4 is 5.32 Å². The summed E-state index contributed by atoms with van der Waals surface area (Å²) in [5, 5.41) is 12.8. The fourth-order valence-electron chi connectivity index (χ4n) is 3.85. The predicted octanol–water partition coefficient (Wildman–Crippen LogP) is 6.64. The van der Waals surface area contributed by atoms with Crippen molar-refractivity contribution in [2.24, 2.45) is 0 Å². The quantitative estimate of drug-likeness (QED) is 0.328. The zero-order valence-electron chi connectivity index (χ0n) is 18.6. The molecule has 1 amide bonds. The number of hydrogen-bond donors (Lipinski definition) is 1. The first-order valence-electron chi connectivity index (χ1n) is 10.8. The Bertz CT molecular complexity index is 1150. The molecule has 0 saturated heterocycles. The Morgan fingerprint density at radius 1 is 0.969 bits per heavy atom. The molecule has 3 heteroatoms. The number of nitrogens with zero attached hydrogens (tertiary/aromatic N) is 1. The van der Waals surface area contributed by atoms with E-state index in [0.29, 0.717) is 16.7 Å². The van der Waals surface area contributed by atoms with Gasteiger partial charge in [0.1, 0.15) is 0 Å². The highest BCUT2D eigenvalue weighted by Gasteiger charge is 2.24. The average molecular weight is 421 g/mol. The predicted molar refractivity (Wildman–Crippen MR) is 131 cm³/mol. The van der Waals surface area contributed by atoms with Crippen molar-refractivity contribution in [3.8, 4) is 6.07 Å². The molecule has 160 valence electrons. The molecule has 0 bridgehead atoms. The number of hydrogen-bond acceptors (Lipinski definition) is 2. The molecule has 0 aliphatic rings. The average Bonchev–Trinajstić information content (AvgIpc) is 2.84. The lowest BCUT2D eigenvalue weighted by molar-refractivity contribution is -0.116. The summed E-state index contributed by atoms with van der Waals surface area (Å²) in [6.07, 6.45) is 0.844. The van der Waals surface area contributed by atoms with Gasteiger partial charge >= 0.3 is 0 Å². The van der Waals surface area contributed by atoms with Crippen LogP contribution in [-0.2, 0) is 4.79 Å². The van der Waals surface area contributed by atoms with Gasteiger partial charge in [-0.25, -0.2) is 0 Å². The third-order valence-electron chi connectivity index (χ3n) is 5.60. The molecular weight excluding hydrogens is 392 g/mol. The maximum atomic E-state index is 13.8. The number of aryl methyl sites for hydroxylation is 1. The van der Waals surface area contributed by atoms with E-state index < -0.39 is 0 Å². The number of nitriles is 1. The first-order valence-corrected chi connectivity index (χ1v) is 10.8. The van der Waals surface area contributed by atoms with Crippen LogP contribution in [0.25, 0.3) is 11.1 Å². The van der Waals surface area contributed by atoms with E-state index in [1.54, 1.807) is 0 Å². The lowest BCUT2D eigenvalue weighted by Crippen LogP contribution is -2.30. The number of carbonyl (C=O) groups is 1. The zero-order valence-corrected chi connectivity index (χ0v) is 18.6. The van der Waals surface area contributed by atoms with Crippen LogP contribution in [0.15, 0.2) is 97.1 Å². The van der Waals surface area contributed by atoms with Crippen LogP contribution >= 0.6 is 0 Å². The number of rotatable bonds is 8. The molecule has 0 fully saturated rings. The minimum atomic E-state index is -0.197. The van der Waals surface area contributed by atoms with Gasteiger partial charge in [0.25, 0.3) is 5.91 Å². The van der Waals surface area contributed by atoms with Gasteiger partial charge in [0.2, 0.25) is 0 Å². The zero-order chi connectivity index (χ0) is 22.9. The normalized spacial score (nSPS) is 12.3. The van der Waals surface area contributed by atoms with Gasteiger partial charge in [0.05, 0.1) is 24.1 Å². The van der Waals surface area contributed by atoms with Crippen molar-refractivity contribution < 1.29 is 4.79 Å². The minimum absolute atomic E-state index is 0.0902. The van der Waals surface area contributed by atoms with Crippen molar-refractivity contribution in [2.45, 2.75) is 32.7 Å². The second-order valence-electron chi connectivity index (χ2n) is 7.69. The number of nitrogens with one attached hydrogen (secondary N) is 1. The van der Waals surface area contributed by atoms with E-state index in [4.69, 9.17) is 0 Å². The van der Waals surface area contributed by atoms with Gasteiger partial charge in [0, 0.05) is 0 Å². The van der Waals surface area contributed by atoms with Crippen molar-refractivity contribution in [1.82, 2.24) is 5.32 Å². The summed E-state index contributed by atoms with van der Waals surface area (Å²) in [5.41, 5.74) is 5.58. The highest BCUT2D eigenvalue weighted by Crippen LogP contribution is 2.33. The van der Waals surface area contributed by atoms with Crippen molar-refractivity contribution in [3.05, 3.63) is 119 Å². The molecule has 1 unspecified atom stereocenters.